The van der Waals surface area contributed by atoms with Gasteiger partial charge in [0.2, 0.25) is 0 Å². The molecule has 2 heterocycles. The predicted octanol–water partition coefficient (Wildman–Crippen LogP) is 2.30. The molecule has 0 aromatic carbocycles. The zero-order chi connectivity index (χ0) is 14.8. The molecule has 1 aromatic rings. The van der Waals surface area contributed by atoms with Crippen LogP contribution in [0.25, 0.3) is 0 Å². The van der Waals surface area contributed by atoms with Crippen molar-refractivity contribution in [2.24, 2.45) is 5.41 Å². The maximum absolute atomic E-state index is 12.5. The summed E-state index contributed by atoms with van der Waals surface area (Å²) in [5, 5.41) is 3.32. The number of hydrogen-bond acceptors (Lipinski definition) is 3. The summed E-state index contributed by atoms with van der Waals surface area (Å²) >= 11 is 0. The first kappa shape index (κ1) is 18.3. The number of rotatable bonds is 5. The van der Waals surface area contributed by atoms with Crippen molar-refractivity contribution in [1.29, 1.82) is 0 Å². The molecule has 0 radical (unpaired) electrons. The van der Waals surface area contributed by atoms with Crippen LogP contribution in [-0.2, 0) is 13.1 Å². The van der Waals surface area contributed by atoms with E-state index in [1.165, 1.54) is 17.0 Å². The van der Waals surface area contributed by atoms with Crippen molar-refractivity contribution in [1.82, 2.24) is 19.8 Å². The summed E-state index contributed by atoms with van der Waals surface area (Å²) in [4.78, 5) is 6.09. The summed E-state index contributed by atoms with van der Waals surface area (Å²) < 4.78 is 38.5. The third-order valence-corrected chi connectivity index (χ3v) is 3.67. The van der Waals surface area contributed by atoms with Gasteiger partial charge in [0.25, 0.3) is 0 Å². The molecule has 1 N–H and O–H groups in total. The van der Waals surface area contributed by atoms with E-state index in [-0.39, 0.29) is 17.8 Å². The van der Waals surface area contributed by atoms with Gasteiger partial charge >= 0.3 is 6.18 Å². The highest BCUT2D eigenvalue weighted by Crippen LogP contribution is 2.26. The largest absolute Gasteiger partial charge is 0.406 e. The molecule has 1 aliphatic rings. The van der Waals surface area contributed by atoms with Crippen LogP contribution in [0.2, 0.25) is 0 Å². The van der Waals surface area contributed by atoms with Gasteiger partial charge in [-0.3, -0.25) is 4.90 Å². The molecule has 1 saturated heterocycles. The van der Waals surface area contributed by atoms with E-state index in [4.69, 9.17) is 0 Å². The van der Waals surface area contributed by atoms with Crippen LogP contribution in [0.5, 0.6) is 0 Å². The molecular weight excluding hydrogens is 305 g/mol. The Morgan fingerprint density at radius 1 is 1.48 bits per heavy atom. The van der Waals surface area contributed by atoms with Crippen molar-refractivity contribution in [3.05, 3.63) is 18.2 Å². The topological polar surface area (TPSA) is 33.1 Å². The minimum Gasteiger partial charge on any atom is -0.325 e. The quantitative estimate of drug-likeness (QED) is 0.901. The highest BCUT2D eigenvalue weighted by Gasteiger charge is 2.31. The fourth-order valence-electron chi connectivity index (χ4n) is 2.78. The van der Waals surface area contributed by atoms with E-state index in [9.17, 15) is 13.2 Å². The molecule has 1 unspecified atom stereocenters. The maximum atomic E-state index is 12.5. The summed E-state index contributed by atoms with van der Waals surface area (Å²) in [6, 6.07) is 0. The molecule has 1 atom stereocenters. The van der Waals surface area contributed by atoms with E-state index in [0.717, 1.165) is 26.1 Å². The Hall–Kier alpha value is -0.790. The number of hydrogen-bond donors (Lipinski definition) is 1. The standard InChI is InChI=1S/C13H21F3N4.ClH/c1-12(3-4-17-8-12)9-19(2)7-11-18-5-6-20(11)10-13(14,15)16;/h5-6,17H,3-4,7-10H2,1-2H3;1H. The van der Waals surface area contributed by atoms with Gasteiger partial charge in [0.15, 0.2) is 0 Å². The molecule has 1 aliphatic heterocycles. The molecule has 0 amide bonds. The van der Waals surface area contributed by atoms with Crippen LogP contribution in [0.4, 0.5) is 13.2 Å². The maximum Gasteiger partial charge on any atom is 0.406 e. The molecule has 4 nitrogen and oxygen atoms in total. The van der Waals surface area contributed by atoms with E-state index < -0.39 is 12.7 Å². The molecule has 8 heteroatoms. The van der Waals surface area contributed by atoms with E-state index in [2.05, 4.69) is 17.2 Å². The van der Waals surface area contributed by atoms with Crippen LogP contribution in [0.1, 0.15) is 19.2 Å². The lowest BCUT2D eigenvalue weighted by Crippen LogP contribution is -2.35. The summed E-state index contributed by atoms with van der Waals surface area (Å²) in [7, 11) is 1.93. The Kier molecular flexibility index (Phi) is 6.07. The van der Waals surface area contributed by atoms with Gasteiger partial charge < -0.3 is 9.88 Å². The molecular formula is C13H22ClF3N4. The third-order valence-electron chi connectivity index (χ3n) is 3.67. The van der Waals surface area contributed by atoms with Gasteiger partial charge in [0.05, 0.1) is 6.54 Å². The van der Waals surface area contributed by atoms with Crippen LogP contribution in [0, 0.1) is 5.41 Å². The van der Waals surface area contributed by atoms with Crippen molar-refractivity contribution in [2.75, 3.05) is 26.7 Å². The number of nitrogens with one attached hydrogen (secondary N) is 1. The van der Waals surface area contributed by atoms with E-state index in [0.29, 0.717) is 12.4 Å². The predicted molar refractivity (Wildman–Crippen MR) is 77.5 cm³/mol. The van der Waals surface area contributed by atoms with Crippen LogP contribution >= 0.6 is 12.4 Å². The van der Waals surface area contributed by atoms with Gasteiger partial charge in [-0.15, -0.1) is 12.4 Å². The summed E-state index contributed by atoms with van der Waals surface area (Å²) in [6.45, 7) is 4.46. The summed E-state index contributed by atoms with van der Waals surface area (Å²) in [6.07, 6.45) is -0.313. The fourth-order valence-corrected chi connectivity index (χ4v) is 2.78. The van der Waals surface area contributed by atoms with Crippen LogP contribution < -0.4 is 5.32 Å². The Bertz CT molecular complexity index is 441. The molecule has 0 aliphatic carbocycles. The van der Waals surface area contributed by atoms with Gasteiger partial charge in [0.1, 0.15) is 12.4 Å². The Balaban J connectivity index is 0.00000220. The number of halogens is 4. The van der Waals surface area contributed by atoms with Crippen LogP contribution in [0.3, 0.4) is 0 Å². The second kappa shape index (κ2) is 6.98. The minimum atomic E-state index is -4.21. The third kappa shape index (κ3) is 5.48. The molecule has 0 bridgehead atoms. The molecule has 1 fully saturated rings. The van der Waals surface area contributed by atoms with E-state index in [1.54, 1.807) is 0 Å². The second-order valence-electron chi connectivity index (χ2n) is 6.00. The normalized spacial score (nSPS) is 22.6. The van der Waals surface area contributed by atoms with E-state index >= 15 is 0 Å². The Morgan fingerprint density at radius 3 is 2.76 bits per heavy atom. The number of aromatic nitrogens is 2. The first-order valence-corrected chi connectivity index (χ1v) is 6.73. The fraction of sp³-hybridized carbons (Fsp3) is 0.769. The van der Waals surface area contributed by atoms with Gasteiger partial charge in [-0.05, 0) is 25.4 Å². The van der Waals surface area contributed by atoms with E-state index in [1.807, 2.05) is 11.9 Å². The van der Waals surface area contributed by atoms with Crippen molar-refractivity contribution in [3.8, 4) is 0 Å². The lowest BCUT2D eigenvalue weighted by molar-refractivity contribution is -0.141. The van der Waals surface area contributed by atoms with Gasteiger partial charge in [-0.2, -0.15) is 13.2 Å². The molecule has 0 saturated carbocycles. The second-order valence-corrected chi connectivity index (χ2v) is 6.00. The molecule has 1 aromatic heterocycles. The first-order chi connectivity index (χ1) is 9.27. The molecule has 2 rings (SSSR count). The van der Waals surface area contributed by atoms with Gasteiger partial charge in [-0.25, -0.2) is 4.98 Å². The highest BCUT2D eigenvalue weighted by atomic mass is 35.5. The lowest BCUT2D eigenvalue weighted by Gasteiger charge is -2.29. The molecule has 0 spiro atoms. The monoisotopic (exact) mass is 326 g/mol. The first-order valence-electron chi connectivity index (χ1n) is 6.73. The zero-order valence-electron chi connectivity index (χ0n) is 12.3. The van der Waals surface area contributed by atoms with Crippen molar-refractivity contribution in [3.63, 3.8) is 0 Å². The molecule has 21 heavy (non-hydrogen) atoms. The van der Waals surface area contributed by atoms with Gasteiger partial charge in [0, 0.05) is 25.5 Å². The Morgan fingerprint density at radius 2 is 2.19 bits per heavy atom. The van der Waals surface area contributed by atoms with Crippen molar-refractivity contribution >= 4 is 12.4 Å². The van der Waals surface area contributed by atoms with Crippen LogP contribution in [0.15, 0.2) is 12.4 Å². The number of nitrogens with zero attached hydrogens (tertiary/aromatic N) is 3. The van der Waals surface area contributed by atoms with Crippen molar-refractivity contribution in [2.45, 2.75) is 32.6 Å². The summed E-state index contributed by atoms with van der Waals surface area (Å²) in [5.74, 6) is 0.458. The van der Waals surface area contributed by atoms with Crippen LogP contribution in [-0.4, -0.2) is 47.3 Å². The van der Waals surface area contributed by atoms with Crippen molar-refractivity contribution < 1.29 is 13.2 Å². The zero-order valence-corrected chi connectivity index (χ0v) is 13.1. The smallest absolute Gasteiger partial charge is 0.325 e. The average Bonchev–Trinajstić information content (AvgIpc) is 2.87. The number of imidazole rings is 1. The Labute approximate surface area is 129 Å². The number of alkyl halides is 3. The SMILES string of the molecule is CN(Cc1nccn1CC(F)(F)F)CC1(C)CCNC1.Cl. The van der Waals surface area contributed by atoms with Gasteiger partial charge in [-0.1, -0.05) is 6.92 Å². The lowest BCUT2D eigenvalue weighted by atomic mass is 9.89. The minimum absolute atomic E-state index is 0. The molecule has 122 valence electrons. The average molecular weight is 327 g/mol. The summed E-state index contributed by atoms with van der Waals surface area (Å²) in [5.41, 5.74) is 0.191. The highest BCUT2D eigenvalue weighted by molar-refractivity contribution is 5.85.